The second-order valence-electron chi connectivity index (χ2n) is 5.92. The molecule has 0 radical (unpaired) electrons. The summed E-state index contributed by atoms with van der Waals surface area (Å²) in [5, 5.41) is 5.43. The molecule has 3 aromatic heterocycles. The molecule has 0 amide bonds. The quantitative estimate of drug-likeness (QED) is 0.508. The number of hydrogen-bond acceptors (Lipinski definition) is 7. The summed E-state index contributed by atoms with van der Waals surface area (Å²) in [5.74, 6) is 1.19. The number of furan rings is 1. The lowest BCUT2D eigenvalue weighted by atomic mass is 10.2. The van der Waals surface area contributed by atoms with Gasteiger partial charge in [-0.25, -0.2) is 17.5 Å². The molecule has 0 aliphatic carbocycles. The van der Waals surface area contributed by atoms with Crippen molar-refractivity contribution in [2.75, 3.05) is 0 Å². The average molecular weight is 419 g/mol. The summed E-state index contributed by atoms with van der Waals surface area (Å²) >= 11 is 1.03. The van der Waals surface area contributed by atoms with E-state index in [1.165, 1.54) is 18.2 Å². The van der Waals surface area contributed by atoms with Gasteiger partial charge in [0.1, 0.15) is 21.5 Å². The Hall–Kier alpha value is -2.82. The zero-order valence-corrected chi connectivity index (χ0v) is 16.2. The van der Waals surface area contributed by atoms with Crippen LogP contribution >= 0.6 is 11.3 Å². The number of nitrogens with zero attached hydrogens (tertiary/aromatic N) is 2. The highest BCUT2D eigenvalue weighted by Crippen LogP contribution is 2.29. The maximum absolute atomic E-state index is 13.3. The first-order valence-corrected chi connectivity index (χ1v) is 10.5. The van der Waals surface area contributed by atoms with Gasteiger partial charge in [0.2, 0.25) is 15.8 Å². The molecule has 10 heteroatoms. The van der Waals surface area contributed by atoms with Gasteiger partial charge in [0.15, 0.2) is 0 Å². The summed E-state index contributed by atoms with van der Waals surface area (Å²) in [6, 6.07) is 10.7. The summed E-state index contributed by atoms with van der Waals surface area (Å²) in [6.45, 7) is 1.83. The molecular formula is C18H14FN3O4S2. The maximum Gasteiger partial charge on any atom is 0.259 e. The number of benzene rings is 1. The Labute approximate surface area is 163 Å². The number of thiophene rings is 1. The summed E-state index contributed by atoms with van der Waals surface area (Å²) in [4.78, 5) is 4.22. The van der Waals surface area contributed by atoms with Crippen LogP contribution in [0.3, 0.4) is 0 Å². The molecule has 0 saturated heterocycles. The van der Waals surface area contributed by atoms with Gasteiger partial charge < -0.3 is 8.94 Å². The number of aromatic nitrogens is 2. The third-order valence-corrected chi connectivity index (χ3v) is 6.67. The van der Waals surface area contributed by atoms with Gasteiger partial charge in [0.25, 0.3) is 5.89 Å². The van der Waals surface area contributed by atoms with Crippen LogP contribution < -0.4 is 4.72 Å². The van der Waals surface area contributed by atoms with E-state index >= 15 is 0 Å². The Morgan fingerprint density at radius 3 is 2.79 bits per heavy atom. The third kappa shape index (κ3) is 3.88. The van der Waals surface area contributed by atoms with Crippen molar-refractivity contribution in [3.05, 3.63) is 65.2 Å². The lowest BCUT2D eigenvalue weighted by Crippen LogP contribution is -2.22. The lowest BCUT2D eigenvalue weighted by Gasteiger charge is -2.02. The molecule has 0 spiro atoms. The molecule has 1 N–H and O–H groups in total. The number of aryl methyl sites for hydroxylation is 1. The van der Waals surface area contributed by atoms with E-state index in [4.69, 9.17) is 8.94 Å². The topological polar surface area (TPSA) is 98.2 Å². The van der Waals surface area contributed by atoms with E-state index in [-0.39, 0.29) is 22.5 Å². The minimum Gasteiger partial charge on any atom is -0.465 e. The maximum atomic E-state index is 13.3. The summed E-state index contributed by atoms with van der Waals surface area (Å²) in [5.41, 5.74) is 0.933. The van der Waals surface area contributed by atoms with Crippen molar-refractivity contribution in [1.82, 2.24) is 14.9 Å². The molecule has 0 unspecified atom stereocenters. The monoisotopic (exact) mass is 419 g/mol. The van der Waals surface area contributed by atoms with Gasteiger partial charge >= 0.3 is 0 Å². The average Bonchev–Trinajstić information content (AvgIpc) is 3.40. The van der Waals surface area contributed by atoms with E-state index in [0.717, 1.165) is 11.3 Å². The summed E-state index contributed by atoms with van der Waals surface area (Å²) in [7, 11) is -3.72. The SMILES string of the molecule is Cc1ccc(CNS(=O)(=O)c2cc(-c3nc(-c4cccc(F)c4)no3)cs2)o1. The van der Waals surface area contributed by atoms with Gasteiger partial charge in [0, 0.05) is 10.9 Å². The summed E-state index contributed by atoms with van der Waals surface area (Å²) < 4.78 is 51.4. The zero-order valence-electron chi connectivity index (χ0n) is 14.5. The van der Waals surface area contributed by atoms with Crippen LogP contribution in [0.2, 0.25) is 0 Å². The number of sulfonamides is 1. The smallest absolute Gasteiger partial charge is 0.259 e. The largest absolute Gasteiger partial charge is 0.465 e. The van der Waals surface area contributed by atoms with Gasteiger partial charge in [-0.15, -0.1) is 11.3 Å². The van der Waals surface area contributed by atoms with Crippen LogP contribution in [0.25, 0.3) is 22.8 Å². The fourth-order valence-corrected chi connectivity index (χ4v) is 4.66. The summed E-state index contributed by atoms with van der Waals surface area (Å²) in [6.07, 6.45) is 0. The Balaban J connectivity index is 1.52. The highest BCUT2D eigenvalue weighted by molar-refractivity contribution is 7.91. The molecule has 3 heterocycles. The predicted molar refractivity (Wildman–Crippen MR) is 100 cm³/mol. The van der Waals surface area contributed by atoms with Gasteiger partial charge in [-0.05, 0) is 37.3 Å². The molecule has 1 aromatic carbocycles. The highest BCUT2D eigenvalue weighted by Gasteiger charge is 2.20. The predicted octanol–water partition coefficient (Wildman–Crippen LogP) is 3.98. The lowest BCUT2D eigenvalue weighted by molar-refractivity contribution is 0.432. The second-order valence-corrected chi connectivity index (χ2v) is 8.83. The van der Waals surface area contributed by atoms with Crippen LogP contribution in [0.4, 0.5) is 4.39 Å². The van der Waals surface area contributed by atoms with Gasteiger partial charge in [-0.3, -0.25) is 0 Å². The van der Waals surface area contributed by atoms with E-state index in [2.05, 4.69) is 14.9 Å². The van der Waals surface area contributed by atoms with Crippen LogP contribution in [-0.2, 0) is 16.6 Å². The Kier molecular flexibility index (Phi) is 4.84. The molecular weight excluding hydrogens is 405 g/mol. The third-order valence-electron chi connectivity index (χ3n) is 3.83. The molecule has 0 fully saturated rings. The van der Waals surface area contributed by atoms with Crippen molar-refractivity contribution >= 4 is 21.4 Å². The minimum absolute atomic E-state index is 0.0493. The molecule has 7 nitrogen and oxygen atoms in total. The van der Waals surface area contributed by atoms with Gasteiger partial charge in [-0.2, -0.15) is 4.98 Å². The van der Waals surface area contributed by atoms with E-state index < -0.39 is 15.8 Å². The van der Waals surface area contributed by atoms with Crippen molar-refractivity contribution in [2.24, 2.45) is 0 Å². The van der Waals surface area contributed by atoms with Crippen molar-refractivity contribution in [2.45, 2.75) is 17.7 Å². The zero-order chi connectivity index (χ0) is 19.7. The minimum atomic E-state index is -3.72. The van der Waals surface area contributed by atoms with Crippen molar-refractivity contribution in [1.29, 1.82) is 0 Å². The van der Waals surface area contributed by atoms with Gasteiger partial charge in [-0.1, -0.05) is 17.3 Å². The molecule has 0 saturated carbocycles. The molecule has 28 heavy (non-hydrogen) atoms. The van der Waals surface area contributed by atoms with Crippen molar-refractivity contribution in [3.8, 4) is 22.8 Å². The van der Waals surface area contributed by atoms with E-state index in [9.17, 15) is 12.8 Å². The fraction of sp³-hybridized carbons (Fsp3) is 0.111. The number of nitrogens with one attached hydrogen (secondary N) is 1. The Bertz CT molecular complexity index is 1230. The second kappa shape index (κ2) is 7.30. The van der Waals surface area contributed by atoms with Crippen molar-refractivity contribution in [3.63, 3.8) is 0 Å². The van der Waals surface area contributed by atoms with Crippen LogP contribution in [-0.4, -0.2) is 18.6 Å². The fourth-order valence-electron chi connectivity index (χ4n) is 2.47. The van der Waals surface area contributed by atoms with Crippen LogP contribution in [0.15, 0.2) is 61.0 Å². The van der Waals surface area contributed by atoms with E-state index in [1.807, 2.05) is 0 Å². The molecule has 144 valence electrons. The Morgan fingerprint density at radius 2 is 2.04 bits per heavy atom. The number of hydrogen-bond donors (Lipinski definition) is 1. The first-order valence-electron chi connectivity index (χ1n) is 8.14. The van der Waals surface area contributed by atoms with Crippen LogP contribution in [0.1, 0.15) is 11.5 Å². The number of halogens is 1. The van der Waals surface area contributed by atoms with Gasteiger partial charge in [0.05, 0.1) is 12.1 Å². The molecule has 4 rings (SSSR count). The molecule has 4 aromatic rings. The standard InChI is InChI=1S/C18H14FN3O4S2/c1-11-5-6-15(25-11)9-20-28(23,24)16-8-13(10-27-16)18-21-17(22-26-18)12-3-2-4-14(19)7-12/h2-8,10,20H,9H2,1H3. The van der Waals surface area contributed by atoms with Crippen molar-refractivity contribution < 1.29 is 21.7 Å². The van der Waals surface area contributed by atoms with Crippen LogP contribution in [0.5, 0.6) is 0 Å². The normalized spacial score (nSPS) is 11.8. The Morgan fingerprint density at radius 1 is 1.18 bits per heavy atom. The number of rotatable bonds is 6. The van der Waals surface area contributed by atoms with E-state index in [1.54, 1.807) is 36.6 Å². The highest BCUT2D eigenvalue weighted by atomic mass is 32.2. The first-order chi connectivity index (χ1) is 13.4. The molecule has 0 bridgehead atoms. The van der Waals surface area contributed by atoms with E-state index in [0.29, 0.717) is 22.6 Å². The molecule has 0 atom stereocenters. The van der Waals surface area contributed by atoms with Crippen LogP contribution in [0, 0.1) is 12.7 Å². The first kappa shape index (κ1) is 18.5. The molecule has 0 aliphatic rings. The molecule has 0 aliphatic heterocycles.